The van der Waals surface area contributed by atoms with Crippen LogP contribution >= 0.6 is 11.8 Å². The molecule has 0 spiro atoms. The molecule has 1 amide bonds. The molecule has 18 heavy (non-hydrogen) atoms. The summed E-state index contributed by atoms with van der Waals surface area (Å²) in [6.07, 6.45) is 2.05. The summed E-state index contributed by atoms with van der Waals surface area (Å²) >= 11 is 1.74. The molecule has 0 bridgehead atoms. The van der Waals surface area contributed by atoms with E-state index in [1.165, 1.54) is 0 Å². The first-order valence-corrected chi connectivity index (χ1v) is 7.57. The number of carbonyl (C=O) groups excluding carboxylic acids is 1. The third kappa shape index (κ3) is 5.60. The molecule has 0 atom stereocenters. The highest BCUT2D eigenvalue weighted by molar-refractivity contribution is 7.97. The molecule has 0 aromatic carbocycles. The van der Waals surface area contributed by atoms with Crippen LogP contribution in [-0.2, 0) is 17.1 Å². The second-order valence-electron chi connectivity index (χ2n) is 4.42. The topological polar surface area (TPSA) is 54.3 Å². The minimum Gasteiger partial charge on any atom is -0.464 e. The lowest BCUT2D eigenvalue weighted by Crippen LogP contribution is -2.34. The number of carbonyl (C=O) groups is 1. The van der Waals surface area contributed by atoms with Gasteiger partial charge in [-0.1, -0.05) is 13.8 Å². The van der Waals surface area contributed by atoms with Gasteiger partial charge in [-0.05, 0) is 18.4 Å². The Morgan fingerprint density at radius 1 is 1.33 bits per heavy atom. The summed E-state index contributed by atoms with van der Waals surface area (Å²) in [6.45, 7) is 5.87. The molecule has 0 saturated heterocycles. The van der Waals surface area contributed by atoms with Crippen LogP contribution in [0, 0.1) is 5.92 Å². The molecular formula is C13H22N2O2S. The van der Waals surface area contributed by atoms with Crippen molar-refractivity contribution in [3.63, 3.8) is 0 Å². The molecule has 5 heteroatoms. The van der Waals surface area contributed by atoms with E-state index in [0.717, 1.165) is 23.8 Å². The molecule has 2 N–H and O–H groups in total. The monoisotopic (exact) mass is 270 g/mol. The van der Waals surface area contributed by atoms with Gasteiger partial charge in [0.1, 0.15) is 11.5 Å². The Balaban J connectivity index is 2.12. The molecule has 1 aromatic rings. The van der Waals surface area contributed by atoms with Crippen LogP contribution < -0.4 is 10.6 Å². The molecule has 102 valence electrons. The van der Waals surface area contributed by atoms with Crippen LogP contribution in [0.5, 0.6) is 0 Å². The fraction of sp³-hybridized carbons (Fsp3) is 0.615. The molecule has 0 aliphatic rings. The van der Waals surface area contributed by atoms with Gasteiger partial charge in [0, 0.05) is 19.0 Å². The Bertz CT molecular complexity index is 364. The number of amides is 1. The molecule has 0 aliphatic carbocycles. The summed E-state index contributed by atoms with van der Waals surface area (Å²) in [5, 5.41) is 6.09. The lowest BCUT2D eigenvalue weighted by Gasteiger charge is -2.07. The number of hydrogen-bond donors (Lipinski definition) is 2. The maximum Gasteiger partial charge on any atom is 0.222 e. The van der Waals surface area contributed by atoms with E-state index in [2.05, 4.69) is 16.9 Å². The van der Waals surface area contributed by atoms with Gasteiger partial charge in [0.05, 0.1) is 12.3 Å². The lowest BCUT2D eigenvalue weighted by molar-refractivity contribution is -0.123. The molecule has 1 rings (SSSR count). The van der Waals surface area contributed by atoms with E-state index in [1.807, 2.05) is 26.0 Å². The Morgan fingerprint density at radius 3 is 2.72 bits per heavy atom. The molecule has 0 saturated carbocycles. The van der Waals surface area contributed by atoms with Gasteiger partial charge in [-0.15, -0.1) is 0 Å². The van der Waals surface area contributed by atoms with Crippen molar-refractivity contribution in [2.75, 3.05) is 19.3 Å². The quantitative estimate of drug-likeness (QED) is 0.710. The highest BCUT2D eigenvalue weighted by Crippen LogP contribution is 2.12. The van der Waals surface area contributed by atoms with Gasteiger partial charge in [0.2, 0.25) is 5.91 Å². The van der Waals surface area contributed by atoms with E-state index in [4.69, 9.17) is 4.42 Å². The van der Waals surface area contributed by atoms with E-state index < -0.39 is 0 Å². The van der Waals surface area contributed by atoms with Crippen molar-refractivity contribution in [2.45, 2.75) is 26.1 Å². The molecule has 0 unspecified atom stereocenters. The van der Waals surface area contributed by atoms with Crippen molar-refractivity contribution in [3.05, 3.63) is 23.7 Å². The molecule has 1 heterocycles. The van der Waals surface area contributed by atoms with Crippen molar-refractivity contribution < 1.29 is 9.21 Å². The van der Waals surface area contributed by atoms with E-state index in [0.29, 0.717) is 13.1 Å². The van der Waals surface area contributed by atoms with E-state index >= 15 is 0 Å². The van der Waals surface area contributed by atoms with Crippen LogP contribution in [0.15, 0.2) is 16.5 Å². The van der Waals surface area contributed by atoms with Crippen LogP contribution in [0.25, 0.3) is 0 Å². The molecule has 0 radical (unpaired) electrons. The fourth-order valence-corrected chi connectivity index (χ4v) is 1.87. The van der Waals surface area contributed by atoms with Gasteiger partial charge in [-0.3, -0.25) is 4.79 Å². The lowest BCUT2D eigenvalue weighted by atomic mass is 10.2. The van der Waals surface area contributed by atoms with E-state index in [9.17, 15) is 4.79 Å². The van der Waals surface area contributed by atoms with Crippen LogP contribution in [-0.4, -0.2) is 25.3 Å². The highest BCUT2D eigenvalue weighted by Gasteiger charge is 2.05. The predicted octanol–water partition coefficient (Wildman–Crippen LogP) is 2.00. The molecule has 0 aliphatic heterocycles. The Labute approximate surface area is 113 Å². The van der Waals surface area contributed by atoms with Crippen molar-refractivity contribution in [1.82, 2.24) is 10.6 Å². The van der Waals surface area contributed by atoms with Gasteiger partial charge >= 0.3 is 0 Å². The zero-order valence-electron chi connectivity index (χ0n) is 11.3. The smallest absolute Gasteiger partial charge is 0.222 e. The van der Waals surface area contributed by atoms with Crippen molar-refractivity contribution in [2.24, 2.45) is 5.92 Å². The molecule has 4 nitrogen and oxygen atoms in total. The third-order valence-corrected chi connectivity index (χ3v) is 3.00. The second-order valence-corrected chi connectivity index (χ2v) is 5.29. The zero-order valence-corrected chi connectivity index (χ0v) is 12.1. The number of thioether (sulfide) groups is 1. The predicted molar refractivity (Wildman–Crippen MR) is 75.5 cm³/mol. The minimum absolute atomic E-state index is 0.0455. The zero-order chi connectivity index (χ0) is 13.4. The van der Waals surface area contributed by atoms with Crippen molar-refractivity contribution >= 4 is 17.7 Å². The van der Waals surface area contributed by atoms with E-state index in [-0.39, 0.29) is 11.8 Å². The molecular weight excluding hydrogens is 248 g/mol. The van der Waals surface area contributed by atoms with Crippen LogP contribution in [0.2, 0.25) is 0 Å². The Hall–Kier alpha value is -0.940. The average molecular weight is 270 g/mol. The standard InChI is InChI=1S/C13H22N2O2S/c1-10(2)13(16)15-7-6-14-8-11-4-5-12(17-11)9-18-3/h4-5,10,14H,6-9H2,1-3H3,(H,15,16). The number of hydrogen-bond acceptors (Lipinski definition) is 4. The molecule has 1 aromatic heterocycles. The summed E-state index contributed by atoms with van der Waals surface area (Å²) in [5.41, 5.74) is 0. The SMILES string of the molecule is CSCc1ccc(CNCCNC(=O)C(C)C)o1. The van der Waals surface area contributed by atoms with Gasteiger partial charge in [-0.2, -0.15) is 11.8 Å². The van der Waals surface area contributed by atoms with Crippen LogP contribution in [0.1, 0.15) is 25.4 Å². The molecule has 0 fully saturated rings. The van der Waals surface area contributed by atoms with E-state index in [1.54, 1.807) is 11.8 Å². The van der Waals surface area contributed by atoms with Gasteiger partial charge in [-0.25, -0.2) is 0 Å². The summed E-state index contributed by atoms with van der Waals surface area (Å²) in [6, 6.07) is 4.00. The summed E-state index contributed by atoms with van der Waals surface area (Å²) in [7, 11) is 0. The maximum atomic E-state index is 11.3. The summed E-state index contributed by atoms with van der Waals surface area (Å²) in [4.78, 5) is 11.3. The summed E-state index contributed by atoms with van der Waals surface area (Å²) < 4.78 is 5.62. The summed E-state index contributed by atoms with van der Waals surface area (Å²) in [5.74, 6) is 2.99. The number of nitrogens with one attached hydrogen (secondary N) is 2. The van der Waals surface area contributed by atoms with Crippen molar-refractivity contribution in [3.8, 4) is 0 Å². The average Bonchev–Trinajstić information content (AvgIpc) is 2.76. The first kappa shape index (κ1) is 15.1. The van der Waals surface area contributed by atoms with Crippen LogP contribution in [0.3, 0.4) is 0 Å². The number of furan rings is 1. The first-order valence-electron chi connectivity index (χ1n) is 6.18. The third-order valence-electron chi connectivity index (χ3n) is 2.43. The number of rotatable bonds is 8. The maximum absolute atomic E-state index is 11.3. The largest absolute Gasteiger partial charge is 0.464 e. The van der Waals surface area contributed by atoms with Gasteiger partial charge in [0.15, 0.2) is 0 Å². The fourth-order valence-electron chi connectivity index (χ4n) is 1.43. The first-order chi connectivity index (χ1) is 8.63. The van der Waals surface area contributed by atoms with Crippen LogP contribution in [0.4, 0.5) is 0 Å². The van der Waals surface area contributed by atoms with Gasteiger partial charge in [0.25, 0.3) is 0 Å². The Kier molecular flexibility index (Phi) is 6.90. The Morgan fingerprint density at radius 2 is 2.06 bits per heavy atom. The van der Waals surface area contributed by atoms with Gasteiger partial charge < -0.3 is 15.1 Å². The van der Waals surface area contributed by atoms with Crippen molar-refractivity contribution in [1.29, 1.82) is 0 Å². The normalized spacial score (nSPS) is 10.9. The minimum atomic E-state index is 0.0455. The highest BCUT2D eigenvalue weighted by atomic mass is 32.2. The second kappa shape index (κ2) is 8.21.